The fourth-order valence-corrected chi connectivity index (χ4v) is 3.60. The maximum atomic E-state index is 11.7. The third-order valence-electron chi connectivity index (χ3n) is 5.48. The summed E-state index contributed by atoms with van der Waals surface area (Å²) in [4.78, 5) is 34.1. The van der Waals surface area contributed by atoms with E-state index in [1.54, 1.807) is 0 Å². The summed E-state index contributed by atoms with van der Waals surface area (Å²) in [5, 5.41) is 0. The lowest BCUT2D eigenvalue weighted by Gasteiger charge is -2.06. The van der Waals surface area contributed by atoms with E-state index in [1.165, 1.54) is 83.5 Å². The highest BCUT2D eigenvalue weighted by atomic mass is 32.1. The Bertz CT molecular complexity index is 473. The smallest absolute Gasteiger partial charge is 0.306 e. The predicted molar refractivity (Wildman–Crippen MR) is 132 cm³/mol. The zero-order chi connectivity index (χ0) is 23.7. The molecule has 0 atom stereocenters. The zero-order valence-corrected chi connectivity index (χ0v) is 21.2. The predicted octanol–water partition coefficient (Wildman–Crippen LogP) is 6.47. The monoisotopic (exact) mass is 473 g/mol. The molecule has 1 amide bonds. The first kappa shape index (κ1) is 30.8. The molecule has 0 aromatic rings. The van der Waals surface area contributed by atoms with Gasteiger partial charge in [0, 0.05) is 19.3 Å². The van der Waals surface area contributed by atoms with Gasteiger partial charge in [0.25, 0.3) is 0 Å². The van der Waals surface area contributed by atoms with Gasteiger partial charge >= 0.3 is 11.9 Å². The fraction of sp³-hybridized carbons (Fsp3) is 0.880. The molecule has 1 N–H and O–H groups in total. The van der Waals surface area contributed by atoms with Gasteiger partial charge in [0.05, 0.1) is 19.6 Å². The second-order valence-corrected chi connectivity index (χ2v) is 8.75. The van der Waals surface area contributed by atoms with Crippen LogP contribution in [0.1, 0.15) is 129 Å². The number of nitrogens with one attached hydrogen (secondary N) is 1. The number of carbonyl (C=O) groups excluding carboxylic acids is 3. The minimum Gasteiger partial charge on any atom is -0.466 e. The van der Waals surface area contributed by atoms with Crippen LogP contribution in [0.3, 0.4) is 0 Å². The molecule has 0 radical (unpaired) electrons. The highest BCUT2D eigenvalue weighted by Crippen LogP contribution is 2.13. The van der Waals surface area contributed by atoms with Crippen LogP contribution in [0.25, 0.3) is 0 Å². The molecule has 0 spiro atoms. The van der Waals surface area contributed by atoms with Gasteiger partial charge in [0.1, 0.15) is 0 Å². The second kappa shape index (κ2) is 24.4. The van der Waals surface area contributed by atoms with E-state index < -0.39 is 5.97 Å². The summed E-state index contributed by atoms with van der Waals surface area (Å²) in [6.45, 7) is 2.70. The second-order valence-electron chi connectivity index (χ2n) is 8.53. The summed E-state index contributed by atoms with van der Waals surface area (Å²) in [6.07, 6.45) is 20.5. The fourth-order valence-electron chi connectivity index (χ4n) is 3.49. The molecule has 0 rings (SSSR count). The average molecular weight is 474 g/mol. The first-order valence-electron chi connectivity index (χ1n) is 12.8. The van der Waals surface area contributed by atoms with Crippen molar-refractivity contribution in [2.75, 3.05) is 13.2 Å². The molecule has 0 heterocycles. The molecule has 0 fully saturated rings. The van der Waals surface area contributed by atoms with Crippen LogP contribution in [-0.2, 0) is 23.9 Å². The van der Waals surface area contributed by atoms with Crippen molar-refractivity contribution >= 4 is 30.7 Å². The lowest BCUT2D eigenvalue weighted by atomic mass is 10.0. The molecule has 0 aromatic heterocycles. The van der Waals surface area contributed by atoms with Crippen molar-refractivity contribution in [3.8, 4) is 0 Å². The van der Waals surface area contributed by atoms with Crippen LogP contribution in [0.2, 0.25) is 0 Å². The normalized spacial score (nSPS) is 10.7. The maximum absolute atomic E-state index is 11.7. The van der Waals surface area contributed by atoms with Gasteiger partial charge in [-0.25, -0.2) is 0 Å². The highest BCUT2D eigenvalue weighted by Gasteiger charge is 2.07. The summed E-state index contributed by atoms with van der Waals surface area (Å²) in [6, 6.07) is 0. The van der Waals surface area contributed by atoms with E-state index in [2.05, 4.69) is 24.5 Å². The standard InChI is InChI=1S/C25H47NO5S/c1-2-3-4-5-6-7-8-9-10-11-12-13-14-15-16-18-24(28)30-21-17-22-31-25(29)20-19-23(27)26-32/h32H,2-22H2,1H3,(H,26,27). The first-order valence-corrected chi connectivity index (χ1v) is 13.3. The number of esters is 2. The largest absolute Gasteiger partial charge is 0.466 e. The summed E-state index contributed by atoms with van der Waals surface area (Å²) in [5.41, 5.74) is 0. The summed E-state index contributed by atoms with van der Waals surface area (Å²) < 4.78 is 12.3. The topological polar surface area (TPSA) is 81.7 Å². The number of ether oxygens (including phenoxy) is 2. The van der Waals surface area contributed by atoms with Gasteiger partial charge in [-0.1, -0.05) is 110 Å². The SMILES string of the molecule is CCCCCCCCCCCCCCCCCC(=O)OCCCOC(=O)CCC(=O)NS. The lowest BCUT2D eigenvalue weighted by Crippen LogP contribution is -2.16. The minimum atomic E-state index is -0.439. The molecule has 0 aromatic carbocycles. The van der Waals surface area contributed by atoms with Crippen LogP contribution < -0.4 is 4.72 Å². The maximum Gasteiger partial charge on any atom is 0.306 e. The van der Waals surface area contributed by atoms with Gasteiger partial charge in [-0.15, -0.1) is 0 Å². The van der Waals surface area contributed by atoms with Crippen LogP contribution in [0.5, 0.6) is 0 Å². The number of carbonyl (C=O) groups is 3. The minimum absolute atomic E-state index is 0.0192. The van der Waals surface area contributed by atoms with E-state index in [0.29, 0.717) is 12.8 Å². The van der Waals surface area contributed by atoms with E-state index >= 15 is 0 Å². The van der Waals surface area contributed by atoms with Gasteiger partial charge in [0.15, 0.2) is 0 Å². The Hall–Kier alpha value is -1.24. The first-order chi connectivity index (χ1) is 15.6. The van der Waals surface area contributed by atoms with Gasteiger partial charge in [-0.3, -0.25) is 14.4 Å². The zero-order valence-electron chi connectivity index (χ0n) is 20.3. The number of hydrogen-bond acceptors (Lipinski definition) is 6. The van der Waals surface area contributed by atoms with Crippen molar-refractivity contribution in [2.45, 2.75) is 129 Å². The molecule has 6 nitrogen and oxygen atoms in total. The molecule has 32 heavy (non-hydrogen) atoms. The number of hydrogen-bond donors (Lipinski definition) is 2. The molecule has 0 aliphatic rings. The Morgan fingerprint density at radius 2 is 0.969 bits per heavy atom. The van der Waals surface area contributed by atoms with Crippen LogP contribution in [-0.4, -0.2) is 31.1 Å². The third-order valence-corrected chi connectivity index (χ3v) is 5.73. The van der Waals surface area contributed by atoms with E-state index in [-0.39, 0.29) is 37.9 Å². The summed E-state index contributed by atoms with van der Waals surface area (Å²) in [5.74, 6) is -0.944. The molecule has 0 aliphatic heterocycles. The molecular formula is C25H47NO5S. The van der Waals surface area contributed by atoms with Gasteiger partial charge in [0.2, 0.25) is 5.91 Å². The number of rotatable bonds is 23. The van der Waals surface area contributed by atoms with Crippen LogP contribution >= 0.6 is 12.8 Å². The van der Waals surface area contributed by atoms with Crippen LogP contribution in [0.15, 0.2) is 0 Å². The van der Waals surface area contributed by atoms with Gasteiger partial charge in [-0.05, 0) is 6.42 Å². The van der Waals surface area contributed by atoms with Crippen molar-refractivity contribution in [1.29, 1.82) is 0 Å². The van der Waals surface area contributed by atoms with E-state index in [9.17, 15) is 14.4 Å². The number of amides is 1. The van der Waals surface area contributed by atoms with Crippen molar-refractivity contribution in [3.05, 3.63) is 0 Å². The Morgan fingerprint density at radius 1 is 0.562 bits per heavy atom. The lowest BCUT2D eigenvalue weighted by molar-refractivity contribution is -0.147. The van der Waals surface area contributed by atoms with E-state index in [4.69, 9.17) is 9.47 Å². The molecule has 0 unspecified atom stereocenters. The molecule has 0 bridgehead atoms. The van der Waals surface area contributed by atoms with Crippen molar-refractivity contribution in [2.24, 2.45) is 0 Å². The Kier molecular flexibility index (Phi) is 23.5. The van der Waals surface area contributed by atoms with Gasteiger partial charge < -0.3 is 14.2 Å². The number of thiol groups is 1. The van der Waals surface area contributed by atoms with E-state index in [1.807, 2.05) is 0 Å². The van der Waals surface area contributed by atoms with Crippen LogP contribution in [0, 0.1) is 0 Å². The molecule has 0 saturated heterocycles. The number of unbranched alkanes of at least 4 members (excludes halogenated alkanes) is 14. The Balaban J connectivity index is 3.27. The van der Waals surface area contributed by atoms with Crippen molar-refractivity contribution < 1.29 is 23.9 Å². The van der Waals surface area contributed by atoms with E-state index in [0.717, 1.165) is 12.8 Å². The summed E-state index contributed by atoms with van der Waals surface area (Å²) in [7, 11) is 0. The van der Waals surface area contributed by atoms with Crippen LogP contribution in [0.4, 0.5) is 0 Å². The summed E-state index contributed by atoms with van der Waals surface area (Å²) >= 11 is 3.61. The van der Waals surface area contributed by atoms with Crippen molar-refractivity contribution in [3.63, 3.8) is 0 Å². The molecule has 0 aliphatic carbocycles. The Labute approximate surface area is 201 Å². The van der Waals surface area contributed by atoms with Crippen molar-refractivity contribution in [1.82, 2.24) is 4.72 Å². The molecule has 188 valence electrons. The Morgan fingerprint density at radius 3 is 1.41 bits per heavy atom. The highest BCUT2D eigenvalue weighted by molar-refractivity contribution is 7.78. The quantitative estimate of drug-likeness (QED) is 0.101. The third kappa shape index (κ3) is 23.4. The molecule has 7 heteroatoms. The van der Waals surface area contributed by atoms with Gasteiger partial charge in [-0.2, -0.15) is 0 Å². The molecular weight excluding hydrogens is 426 g/mol. The molecule has 0 saturated carbocycles. The average Bonchev–Trinajstić information content (AvgIpc) is 2.79.